The number of nitrogens with zero attached hydrogens (tertiary/aromatic N) is 1. The fourth-order valence-corrected chi connectivity index (χ4v) is 2.44. The number of rotatable bonds is 2. The Balaban J connectivity index is 2.82. The Kier molecular flexibility index (Phi) is 2.69. The number of carbonyl (C=O) groups is 1. The first kappa shape index (κ1) is 11.7. The van der Waals surface area contributed by atoms with Crippen molar-refractivity contribution >= 4 is 16.9 Å². The Bertz CT molecular complexity index is 608. The van der Waals surface area contributed by atoms with Crippen LogP contribution >= 0.6 is 0 Å². The topological polar surface area (TPSA) is 42.2 Å². The van der Waals surface area contributed by atoms with Crippen molar-refractivity contribution in [2.45, 2.75) is 34.2 Å². The van der Waals surface area contributed by atoms with E-state index in [4.69, 9.17) is 5.11 Å². The molecule has 0 unspecified atom stereocenters. The molecule has 3 heteroatoms. The van der Waals surface area contributed by atoms with Crippen molar-refractivity contribution in [3.63, 3.8) is 0 Å². The number of benzene rings is 1. The number of carboxylic acids is 1. The Labute approximate surface area is 101 Å². The van der Waals surface area contributed by atoms with E-state index in [9.17, 15) is 4.79 Å². The van der Waals surface area contributed by atoms with Gasteiger partial charge in [-0.05, 0) is 50.5 Å². The first-order valence-corrected chi connectivity index (χ1v) is 5.70. The van der Waals surface area contributed by atoms with Crippen LogP contribution < -0.4 is 0 Å². The molecule has 0 fully saturated rings. The third-order valence-corrected chi connectivity index (χ3v) is 3.40. The van der Waals surface area contributed by atoms with E-state index >= 15 is 0 Å². The van der Waals surface area contributed by atoms with E-state index < -0.39 is 5.97 Å². The van der Waals surface area contributed by atoms with Gasteiger partial charge in [0.1, 0.15) is 6.54 Å². The molecule has 0 saturated heterocycles. The fourth-order valence-electron chi connectivity index (χ4n) is 2.44. The molecule has 17 heavy (non-hydrogen) atoms. The maximum Gasteiger partial charge on any atom is 0.323 e. The van der Waals surface area contributed by atoms with Gasteiger partial charge in [-0.2, -0.15) is 0 Å². The Morgan fingerprint density at radius 2 is 1.82 bits per heavy atom. The monoisotopic (exact) mass is 231 g/mol. The van der Waals surface area contributed by atoms with Gasteiger partial charge in [0.15, 0.2) is 0 Å². The molecule has 1 aromatic carbocycles. The van der Waals surface area contributed by atoms with E-state index in [0.717, 1.165) is 16.8 Å². The first-order valence-electron chi connectivity index (χ1n) is 5.70. The molecule has 1 heterocycles. The lowest BCUT2D eigenvalue weighted by Crippen LogP contribution is -2.10. The zero-order valence-electron chi connectivity index (χ0n) is 10.7. The lowest BCUT2D eigenvalue weighted by molar-refractivity contribution is -0.137. The molecule has 2 aromatic rings. The second-order valence-corrected chi connectivity index (χ2v) is 4.66. The summed E-state index contributed by atoms with van der Waals surface area (Å²) in [6.07, 6.45) is 0. The number of aryl methyl sites for hydroxylation is 4. The van der Waals surface area contributed by atoms with Gasteiger partial charge in [0.2, 0.25) is 0 Å². The van der Waals surface area contributed by atoms with Crippen LogP contribution in [0.2, 0.25) is 0 Å². The van der Waals surface area contributed by atoms with Crippen molar-refractivity contribution in [1.29, 1.82) is 0 Å². The van der Waals surface area contributed by atoms with Crippen LogP contribution in [0.1, 0.15) is 22.4 Å². The van der Waals surface area contributed by atoms with Gasteiger partial charge in [-0.3, -0.25) is 4.79 Å². The summed E-state index contributed by atoms with van der Waals surface area (Å²) in [6, 6.07) is 4.20. The molecule has 2 rings (SSSR count). The highest BCUT2D eigenvalue weighted by atomic mass is 16.4. The molecule has 0 radical (unpaired) electrons. The standard InChI is InChI=1S/C14H17NO2/c1-8-5-9(2)14-12(11(8)4)6-10(3)15(14)7-13(16)17/h5-6H,7H2,1-4H3,(H,16,17). The molecule has 3 nitrogen and oxygen atoms in total. The summed E-state index contributed by atoms with van der Waals surface area (Å²) in [5.41, 5.74) is 5.67. The molecule has 0 bridgehead atoms. The van der Waals surface area contributed by atoms with Crippen LogP contribution in [-0.4, -0.2) is 15.6 Å². The molecule has 0 amide bonds. The highest BCUT2D eigenvalue weighted by Crippen LogP contribution is 2.28. The highest BCUT2D eigenvalue weighted by molar-refractivity contribution is 5.89. The molecular weight excluding hydrogens is 214 g/mol. The SMILES string of the molecule is Cc1cc(C)c2c(cc(C)n2CC(=O)O)c1C. The summed E-state index contributed by atoms with van der Waals surface area (Å²) in [5, 5.41) is 10.1. The van der Waals surface area contributed by atoms with Crippen LogP contribution in [0.5, 0.6) is 0 Å². The highest BCUT2D eigenvalue weighted by Gasteiger charge is 2.13. The summed E-state index contributed by atoms with van der Waals surface area (Å²) in [6.45, 7) is 8.19. The van der Waals surface area contributed by atoms with Crippen molar-refractivity contribution in [3.05, 3.63) is 34.5 Å². The normalized spacial score (nSPS) is 11.1. The number of carboxylic acid groups (broad SMARTS) is 1. The fraction of sp³-hybridized carbons (Fsp3) is 0.357. The molecule has 0 spiro atoms. The second-order valence-electron chi connectivity index (χ2n) is 4.66. The smallest absolute Gasteiger partial charge is 0.323 e. The van der Waals surface area contributed by atoms with Gasteiger partial charge >= 0.3 is 5.97 Å². The lowest BCUT2D eigenvalue weighted by Gasteiger charge is -2.10. The molecule has 0 aliphatic heterocycles. The van der Waals surface area contributed by atoms with E-state index in [0.29, 0.717) is 0 Å². The zero-order chi connectivity index (χ0) is 12.7. The quantitative estimate of drug-likeness (QED) is 0.863. The van der Waals surface area contributed by atoms with Gasteiger partial charge in [-0.1, -0.05) is 6.07 Å². The lowest BCUT2D eigenvalue weighted by atomic mass is 10.0. The maximum atomic E-state index is 10.9. The predicted octanol–water partition coefficient (Wildman–Crippen LogP) is 2.96. The van der Waals surface area contributed by atoms with Crippen LogP contribution in [0, 0.1) is 27.7 Å². The van der Waals surface area contributed by atoms with Gasteiger partial charge in [0.05, 0.1) is 5.52 Å². The molecule has 0 saturated carbocycles. The van der Waals surface area contributed by atoms with Crippen LogP contribution in [0.3, 0.4) is 0 Å². The number of aromatic nitrogens is 1. The summed E-state index contributed by atoms with van der Waals surface area (Å²) >= 11 is 0. The average molecular weight is 231 g/mol. The first-order chi connectivity index (χ1) is 7.91. The van der Waals surface area contributed by atoms with E-state index in [2.05, 4.69) is 26.0 Å². The minimum Gasteiger partial charge on any atom is -0.480 e. The summed E-state index contributed by atoms with van der Waals surface area (Å²) in [4.78, 5) is 10.9. The molecule has 0 atom stereocenters. The van der Waals surface area contributed by atoms with Crippen molar-refractivity contribution in [1.82, 2.24) is 4.57 Å². The zero-order valence-corrected chi connectivity index (χ0v) is 10.7. The average Bonchev–Trinajstić information content (AvgIpc) is 2.53. The Morgan fingerprint density at radius 3 is 2.41 bits per heavy atom. The van der Waals surface area contributed by atoms with Gasteiger partial charge in [-0.15, -0.1) is 0 Å². The predicted molar refractivity (Wildman–Crippen MR) is 68.5 cm³/mol. The van der Waals surface area contributed by atoms with Gasteiger partial charge in [-0.25, -0.2) is 0 Å². The van der Waals surface area contributed by atoms with E-state index in [1.54, 1.807) is 0 Å². The number of aliphatic carboxylic acids is 1. The molecular formula is C14H17NO2. The van der Waals surface area contributed by atoms with Gasteiger partial charge in [0.25, 0.3) is 0 Å². The van der Waals surface area contributed by atoms with E-state index in [-0.39, 0.29) is 6.54 Å². The minimum atomic E-state index is -0.803. The third kappa shape index (κ3) is 1.82. The Hall–Kier alpha value is -1.77. The summed E-state index contributed by atoms with van der Waals surface area (Å²) < 4.78 is 1.87. The molecule has 90 valence electrons. The molecule has 0 aliphatic carbocycles. The van der Waals surface area contributed by atoms with Crippen molar-refractivity contribution < 1.29 is 9.90 Å². The largest absolute Gasteiger partial charge is 0.480 e. The second kappa shape index (κ2) is 3.91. The van der Waals surface area contributed by atoms with Crippen LogP contribution in [-0.2, 0) is 11.3 Å². The van der Waals surface area contributed by atoms with E-state index in [1.807, 2.05) is 18.4 Å². The molecule has 0 aliphatic rings. The summed E-state index contributed by atoms with van der Waals surface area (Å²) in [5.74, 6) is -0.803. The van der Waals surface area contributed by atoms with Gasteiger partial charge < -0.3 is 9.67 Å². The summed E-state index contributed by atoms with van der Waals surface area (Å²) in [7, 11) is 0. The van der Waals surface area contributed by atoms with Crippen LogP contribution in [0.4, 0.5) is 0 Å². The maximum absolute atomic E-state index is 10.9. The van der Waals surface area contributed by atoms with Crippen molar-refractivity contribution in [2.75, 3.05) is 0 Å². The van der Waals surface area contributed by atoms with E-state index in [1.165, 1.54) is 16.5 Å². The molecule has 1 aromatic heterocycles. The number of hydrogen-bond acceptors (Lipinski definition) is 1. The van der Waals surface area contributed by atoms with Crippen LogP contribution in [0.15, 0.2) is 12.1 Å². The van der Waals surface area contributed by atoms with Crippen LogP contribution in [0.25, 0.3) is 10.9 Å². The molecule has 1 N–H and O–H groups in total. The number of hydrogen-bond donors (Lipinski definition) is 1. The van der Waals surface area contributed by atoms with Crippen molar-refractivity contribution in [3.8, 4) is 0 Å². The Morgan fingerprint density at radius 1 is 1.18 bits per heavy atom. The minimum absolute atomic E-state index is 0.0265. The third-order valence-electron chi connectivity index (χ3n) is 3.40. The number of fused-ring (bicyclic) bond motifs is 1. The van der Waals surface area contributed by atoms with Gasteiger partial charge in [0, 0.05) is 11.1 Å². The van der Waals surface area contributed by atoms with Crippen molar-refractivity contribution in [2.24, 2.45) is 0 Å².